The SMILES string of the molecule is COc1ccc(C2CC(=O)c3cc4c(C)nn(-c5ccccc5)c4nc3C2)cc1OC. The minimum atomic E-state index is 0.0407. The van der Waals surface area contributed by atoms with Gasteiger partial charge in [-0.3, -0.25) is 4.79 Å². The smallest absolute Gasteiger partial charge is 0.165 e. The Morgan fingerprint density at radius 1 is 0.968 bits per heavy atom. The van der Waals surface area contributed by atoms with E-state index in [1.165, 1.54) is 0 Å². The van der Waals surface area contributed by atoms with Gasteiger partial charge in [0.2, 0.25) is 0 Å². The van der Waals surface area contributed by atoms with E-state index in [0.717, 1.165) is 33.7 Å². The van der Waals surface area contributed by atoms with Crippen molar-refractivity contribution in [1.82, 2.24) is 14.8 Å². The second kappa shape index (κ2) is 7.54. The Hall–Kier alpha value is -3.67. The first-order valence-corrected chi connectivity index (χ1v) is 10.3. The Morgan fingerprint density at radius 2 is 1.74 bits per heavy atom. The number of hydrogen-bond acceptors (Lipinski definition) is 5. The third kappa shape index (κ3) is 3.24. The molecule has 6 heteroatoms. The molecule has 2 aromatic carbocycles. The molecule has 2 heterocycles. The molecule has 0 fully saturated rings. The van der Waals surface area contributed by atoms with Crippen molar-refractivity contribution in [2.75, 3.05) is 14.2 Å². The summed E-state index contributed by atoms with van der Waals surface area (Å²) in [5.41, 5.74) is 5.17. The van der Waals surface area contributed by atoms with E-state index >= 15 is 0 Å². The number of nitrogens with zero attached hydrogens (tertiary/aromatic N) is 3. The van der Waals surface area contributed by atoms with Crippen molar-refractivity contribution < 1.29 is 14.3 Å². The zero-order valence-corrected chi connectivity index (χ0v) is 17.8. The highest BCUT2D eigenvalue weighted by Gasteiger charge is 2.29. The number of pyridine rings is 1. The first-order chi connectivity index (χ1) is 15.1. The van der Waals surface area contributed by atoms with Gasteiger partial charge in [0.15, 0.2) is 22.9 Å². The van der Waals surface area contributed by atoms with Gasteiger partial charge in [-0.15, -0.1) is 0 Å². The first-order valence-electron chi connectivity index (χ1n) is 10.3. The Kier molecular flexibility index (Phi) is 4.70. The quantitative estimate of drug-likeness (QED) is 0.487. The van der Waals surface area contributed by atoms with E-state index in [2.05, 4.69) is 5.10 Å². The molecule has 0 N–H and O–H groups in total. The summed E-state index contributed by atoms with van der Waals surface area (Å²) in [4.78, 5) is 18.0. The molecule has 2 aromatic heterocycles. The van der Waals surface area contributed by atoms with E-state index in [9.17, 15) is 4.79 Å². The van der Waals surface area contributed by atoms with Crippen molar-refractivity contribution in [3.8, 4) is 17.2 Å². The minimum Gasteiger partial charge on any atom is -0.493 e. The minimum absolute atomic E-state index is 0.0407. The summed E-state index contributed by atoms with van der Waals surface area (Å²) in [6.07, 6.45) is 1.13. The van der Waals surface area contributed by atoms with E-state index in [0.29, 0.717) is 29.9 Å². The molecule has 5 rings (SSSR count). The number of carbonyl (C=O) groups excluding carboxylic acids is 1. The van der Waals surface area contributed by atoms with Crippen LogP contribution in [0.5, 0.6) is 11.5 Å². The van der Waals surface area contributed by atoms with Gasteiger partial charge in [0, 0.05) is 17.4 Å². The van der Waals surface area contributed by atoms with Gasteiger partial charge in [-0.25, -0.2) is 9.67 Å². The molecule has 0 bridgehead atoms. The van der Waals surface area contributed by atoms with Gasteiger partial charge in [-0.2, -0.15) is 5.10 Å². The maximum Gasteiger partial charge on any atom is 0.165 e. The van der Waals surface area contributed by atoms with Crippen molar-refractivity contribution in [3.05, 3.63) is 77.1 Å². The number of ether oxygens (including phenoxy) is 2. The third-order valence-corrected chi connectivity index (χ3v) is 5.97. The molecule has 6 nitrogen and oxygen atoms in total. The summed E-state index contributed by atoms with van der Waals surface area (Å²) in [5.74, 6) is 1.50. The van der Waals surface area contributed by atoms with Gasteiger partial charge in [-0.1, -0.05) is 24.3 Å². The van der Waals surface area contributed by atoms with Crippen LogP contribution in [-0.2, 0) is 6.42 Å². The molecule has 31 heavy (non-hydrogen) atoms. The number of ketones is 1. The topological polar surface area (TPSA) is 66.2 Å². The maximum atomic E-state index is 13.1. The normalized spacial score (nSPS) is 15.7. The molecule has 0 amide bonds. The fourth-order valence-electron chi connectivity index (χ4n) is 4.35. The number of aryl methyl sites for hydroxylation is 1. The Labute approximate surface area is 180 Å². The fraction of sp³-hybridized carbons (Fsp3) is 0.240. The molecule has 1 unspecified atom stereocenters. The number of benzene rings is 2. The molecule has 1 aliphatic rings. The van der Waals surface area contributed by atoms with Gasteiger partial charge in [0.25, 0.3) is 0 Å². The Balaban J connectivity index is 1.59. The van der Waals surface area contributed by atoms with E-state index in [1.807, 2.05) is 66.2 Å². The van der Waals surface area contributed by atoms with E-state index in [4.69, 9.17) is 14.5 Å². The first kappa shape index (κ1) is 19.3. The number of methoxy groups -OCH3 is 2. The number of carbonyl (C=O) groups is 1. The summed E-state index contributed by atoms with van der Waals surface area (Å²) in [6.45, 7) is 1.95. The zero-order valence-electron chi connectivity index (χ0n) is 17.8. The molecule has 1 aliphatic carbocycles. The summed E-state index contributed by atoms with van der Waals surface area (Å²) in [7, 11) is 3.24. The molecule has 156 valence electrons. The van der Waals surface area contributed by atoms with Crippen LogP contribution in [0.25, 0.3) is 16.7 Å². The molecule has 0 saturated heterocycles. The second-order valence-corrected chi connectivity index (χ2v) is 7.83. The largest absolute Gasteiger partial charge is 0.493 e. The number of Topliss-reactive ketones (excluding diaryl/α,β-unsaturated/α-hetero) is 1. The molecular formula is C25H23N3O3. The van der Waals surface area contributed by atoms with Crippen LogP contribution < -0.4 is 9.47 Å². The predicted molar refractivity (Wildman–Crippen MR) is 119 cm³/mol. The lowest BCUT2D eigenvalue weighted by molar-refractivity contribution is 0.0963. The van der Waals surface area contributed by atoms with Crippen molar-refractivity contribution >= 4 is 16.8 Å². The average molecular weight is 413 g/mol. The number of para-hydroxylation sites is 1. The molecule has 0 saturated carbocycles. The molecule has 1 atom stereocenters. The highest BCUT2D eigenvalue weighted by molar-refractivity contribution is 6.01. The monoisotopic (exact) mass is 413 g/mol. The van der Waals surface area contributed by atoms with Crippen LogP contribution in [0.2, 0.25) is 0 Å². The van der Waals surface area contributed by atoms with Gasteiger partial charge >= 0.3 is 0 Å². The number of hydrogen-bond donors (Lipinski definition) is 0. The second-order valence-electron chi connectivity index (χ2n) is 7.83. The van der Waals surface area contributed by atoms with Crippen LogP contribution in [0.1, 0.15) is 39.6 Å². The van der Waals surface area contributed by atoms with Crippen molar-refractivity contribution in [2.45, 2.75) is 25.7 Å². The highest BCUT2D eigenvalue weighted by atomic mass is 16.5. The average Bonchev–Trinajstić information content (AvgIpc) is 3.13. The van der Waals surface area contributed by atoms with Crippen LogP contribution in [0.3, 0.4) is 0 Å². The number of aromatic nitrogens is 3. The number of rotatable bonds is 4. The molecular weight excluding hydrogens is 390 g/mol. The molecule has 0 spiro atoms. The zero-order chi connectivity index (χ0) is 21.5. The lowest BCUT2D eigenvalue weighted by Crippen LogP contribution is -2.20. The van der Waals surface area contributed by atoms with Crippen molar-refractivity contribution in [3.63, 3.8) is 0 Å². The third-order valence-electron chi connectivity index (χ3n) is 5.97. The summed E-state index contributed by atoms with van der Waals surface area (Å²) < 4.78 is 12.7. The van der Waals surface area contributed by atoms with Gasteiger partial charge in [0.1, 0.15) is 0 Å². The van der Waals surface area contributed by atoms with Crippen LogP contribution >= 0.6 is 0 Å². The van der Waals surface area contributed by atoms with Crippen molar-refractivity contribution in [2.24, 2.45) is 0 Å². The number of fused-ring (bicyclic) bond motifs is 2. The lowest BCUT2D eigenvalue weighted by atomic mass is 9.81. The van der Waals surface area contributed by atoms with E-state index < -0.39 is 0 Å². The van der Waals surface area contributed by atoms with E-state index in [-0.39, 0.29) is 11.7 Å². The molecule has 0 aliphatic heterocycles. The predicted octanol–water partition coefficient (Wildman–Crippen LogP) is 4.66. The van der Waals surface area contributed by atoms with Crippen molar-refractivity contribution in [1.29, 1.82) is 0 Å². The Morgan fingerprint density at radius 3 is 2.48 bits per heavy atom. The Bertz CT molecular complexity index is 1290. The molecule has 4 aromatic rings. The van der Waals surface area contributed by atoms with Gasteiger partial charge in [-0.05, 0) is 55.2 Å². The van der Waals surface area contributed by atoms with Crippen LogP contribution in [0.15, 0.2) is 54.6 Å². The lowest BCUT2D eigenvalue weighted by Gasteiger charge is -2.24. The highest BCUT2D eigenvalue weighted by Crippen LogP contribution is 2.37. The summed E-state index contributed by atoms with van der Waals surface area (Å²) >= 11 is 0. The van der Waals surface area contributed by atoms with Crippen LogP contribution in [0, 0.1) is 6.92 Å². The molecule has 0 radical (unpaired) electrons. The standard InChI is InChI=1S/C25H23N3O3/c1-15-19-14-20-21(26-25(19)28(27-15)18-7-5-4-6-8-18)11-17(12-22(20)29)16-9-10-23(30-2)24(13-16)31-3/h4-10,13-14,17H,11-12H2,1-3H3. The van der Waals surface area contributed by atoms with Crippen LogP contribution in [-0.4, -0.2) is 34.8 Å². The fourth-order valence-corrected chi connectivity index (χ4v) is 4.35. The van der Waals surface area contributed by atoms with Gasteiger partial charge < -0.3 is 9.47 Å². The summed E-state index contributed by atoms with van der Waals surface area (Å²) in [6, 6.07) is 17.8. The van der Waals surface area contributed by atoms with Gasteiger partial charge in [0.05, 0.1) is 31.3 Å². The van der Waals surface area contributed by atoms with Crippen LogP contribution in [0.4, 0.5) is 0 Å². The maximum absolute atomic E-state index is 13.1. The van der Waals surface area contributed by atoms with E-state index in [1.54, 1.807) is 14.2 Å². The summed E-state index contributed by atoms with van der Waals surface area (Å²) in [5, 5.41) is 5.60.